The Labute approximate surface area is 219 Å². The number of hydrogen-bond acceptors (Lipinski definition) is 4. The van der Waals surface area contributed by atoms with Gasteiger partial charge in [-0.05, 0) is 79.2 Å². The monoisotopic (exact) mass is 519 g/mol. The molecule has 0 unspecified atom stereocenters. The molecule has 3 fully saturated rings. The van der Waals surface area contributed by atoms with E-state index in [1.54, 1.807) is 18.2 Å². The quantitative estimate of drug-likeness (QED) is 0.412. The van der Waals surface area contributed by atoms with Crippen LogP contribution in [0.4, 0.5) is 4.79 Å². The summed E-state index contributed by atoms with van der Waals surface area (Å²) in [4.78, 5) is 15.1. The first-order valence-corrected chi connectivity index (χ1v) is 14.5. The highest BCUT2D eigenvalue weighted by Gasteiger charge is 2.40. The minimum absolute atomic E-state index is 0.0515. The van der Waals surface area contributed by atoms with Crippen LogP contribution in [-0.4, -0.2) is 36.6 Å². The zero-order chi connectivity index (χ0) is 25.8. The molecule has 1 aliphatic heterocycles. The molecule has 0 saturated heterocycles. The fourth-order valence-electron chi connectivity index (χ4n) is 6.01. The average molecular weight is 520 g/mol. The maximum absolute atomic E-state index is 13.2. The van der Waals surface area contributed by atoms with Crippen molar-refractivity contribution in [3.05, 3.63) is 102 Å². The van der Waals surface area contributed by atoms with Gasteiger partial charge in [0.15, 0.2) is 0 Å². The normalized spacial score (nSPS) is 24.4. The average Bonchev–Trinajstić information content (AvgIpc) is 2.94. The van der Waals surface area contributed by atoms with E-state index >= 15 is 0 Å². The number of rotatable bonds is 3. The van der Waals surface area contributed by atoms with Gasteiger partial charge in [-0.15, -0.1) is 0 Å². The zero-order valence-corrected chi connectivity index (χ0v) is 21.6. The van der Waals surface area contributed by atoms with Gasteiger partial charge in [-0.2, -0.15) is 8.42 Å². The molecule has 7 heteroatoms. The van der Waals surface area contributed by atoms with Gasteiger partial charge < -0.3 is 4.74 Å². The Morgan fingerprint density at radius 1 is 0.838 bits per heavy atom. The van der Waals surface area contributed by atoms with Crippen LogP contribution in [0, 0.1) is 11.8 Å². The lowest BCUT2D eigenvalue weighted by molar-refractivity contribution is -0.0297. The van der Waals surface area contributed by atoms with Crippen LogP contribution in [0.5, 0.6) is 0 Å². The molecule has 1 N–H and O–H groups in total. The maximum Gasteiger partial charge on any atom is 0.410 e. The molecule has 1 heterocycles. The van der Waals surface area contributed by atoms with Crippen LogP contribution >= 0.6 is 0 Å². The Hall–Kier alpha value is -3.16. The molecular weight excluding hydrogens is 486 g/mol. The molecule has 2 atom stereocenters. The van der Waals surface area contributed by atoms with E-state index in [1.807, 2.05) is 11.0 Å². The van der Waals surface area contributed by atoms with E-state index < -0.39 is 10.1 Å². The zero-order valence-electron chi connectivity index (χ0n) is 20.8. The van der Waals surface area contributed by atoms with Gasteiger partial charge in [0.05, 0.1) is 10.9 Å². The predicted octanol–water partition coefficient (Wildman–Crippen LogP) is 6.28. The lowest BCUT2D eigenvalue weighted by Crippen LogP contribution is -2.45. The summed E-state index contributed by atoms with van der Waals surface area (Å²) in [5.41, 5.74) is 3.73. The second-order valence-electron chi connectivity index (χ2n) is 10.2. The Kier molecular flexibility index (Phi) is 7.63. The Morgan fingerprint density at radius 3 is 2.05 bits per heavy atom. The van der Waals surface area contributed by atoms with Gasteiger partial charge in [0, 0.05) is 6.54 Å². The molecule has 6 nitrogen and oxygen atoms in total. The highest BCUT2D eigenvalue weighted by molar-refractivity contribution is 7.85. The summed E-state index contributed by atoms with van der Waals surface area (Å²) >= 11 is 0. The van der Waals surface area contributed by atoms with Crippen LogP contribution < -0.4 is 0 Å². The van der Waals surface area contributed by atoms with Crippen LogP contribution in [0.1, 0.15) is 54.8 Å². The molecular formula is C30H33NO5S. The molecule has 37 heavy (non-hydrogen) atoms. The summed E-state index contributed by atoms with van der Waals surface area (Å²) < 4.78 is 35.4. The Morgan fingerprint density at radius 2 is 1.46 bits per heavy atom. The number of hydrogen-bond donors (Lipinski definition) is 1. The van der Waals surface area contributed by atoms with E-state index in [-0.39, 0.29) is 23.1 Å². The van der Waals surface area contributed by atoms with Gasteiger partial charge in [0.2, 0.25) is 0 Å². The third kappa shape index (κ3) is 5.89. The van der Waals surface area contributed by atoms with Crippen molar-refractivity contribution in [2.75, 3.05) is 6.54 Å². The summed E-state index contributed by atoms with van der Waals surface area (Å²) in [6.07, 6.45) is 7.06. The first kappa shape index (κ1) is 25.5. The van der Waals surface area contributed by atoms with E-state index in [0.29, 0.717) is 5.92 Å². The lowest BCUT2D eigenvalue weighted by Gasteiger charge is -2.43. The molecule has 3 aliphatic carbocycles. The summed E-state index contributed by atoms with van der Waals surface area (Å²) in [6.45, 7) is 0.718. The number of fused-ring (bicyclic) bond motifs is 4. The fraction of sp³-hybridized carbons (Fsp3) is 0.367. The molecule has 3 saturated carbocycles. The number of nitrogens with zero attached hydrogens (tertiary/aromatic N) is 1. The van der Waals surface area contributed by atoms with Gasteiger partial charge >= 0.3 is 6.09 Å². The third-order valence-electron chi connectivity index (χ3n) is 7.91. The highest BCUT2D eigenvalue weighted by atomic mass is 32.2. The van der Waals surface area contributed by atoms with Gasteiger partial charge in [0.25, 0.3) is 10.1 Å². The Bertz CT molecular complexity index is 1300. The molecule has 194 valence electrons. The van der Waals surface area contributed by atoms with Gasteiger partial charge in [0.1, 0.15) is 6.10 Å². The fourth-order valence-corrected chi connectivity index (χ4v) is 6.51. The molecule has 4 aliphatic rings. The van der Waals surface area contributed by atoms with Crippen LogP contribution in [0.2, 0.25) is 0 Å². The maximum atomic E-state index is 13.2. The number of amides is 1. The molecule has 0 spiro atoms. The van der Waals surface area contributed by atoms with E-state index in [9.17, 15) is 13.2 Å². The van der Waals surface area contributed by atoms with Crippen molar-refractivity contribution in [1.29, 1.82) is 0 Å². The SMILES string of the molecule is O=C(O[C@H]1CC2CCC1CC2)N1CCc2ccccc2[C@@H]1c1ccccc1.O=S(=O)(O)c1ccccc1. The number of carbonyl (C=O) groups excluding carboxylic acids is 1. The molecule has 0 aromatic heterocycles. The van der Waals surface area contributed by atoms with Crippen molar-refractivity contribution >= 4 is 16.2 Å². The van der Waals surface area contributed by atoms with Crippen molar-refractivity contribution in [2.24, 2.45) is 11.8 Å². The number of carbonyl (C=O) groups is 1. The van der Waals surface area contributed by atoms with Crippen molar-refractivity contribution in [3.63, 3.8) is 0 Å². The summed E-state index contributed by atoms with van der Waals surface area (Å²) in [7, 11) is -4.00. The van der Waals surface area contributed by atoms with Crippen molar-refractivity contribution < 1.29 is 22.5 Å². The second-order valence-corrected chi connectivity index (χ2v) is 11.6. The largest absolute Gasteiger partial charge is 0.446 e. The van der Waals surface area contributed by atoms with Crippen molar-refractivity contribution in [2.45, 2.75) is 55.6 Å². The third-order valence-corrected chi connectivity index (χ3v) is 8.78. The van der Waals surface area contributed by atoms with E-state index in [0.717, 1.165) is 30.9 Å². The molecule has 2 bridgehead atoms. The standard InChI is InChI=1S/C24H27NO2.C6H6O3S/c26-24(27-22-16-17-10-12-19(22)13-11-17)25-15-14-18-6-4-5-9-21(18)23(25)20-7-2-1-3-8-20;7-10(8,9)6-4-2-1-3-5-6/h1-9,17,19,22-23H,10-16H2;1-5H,(H,7,8,9)/t17?,19?,22-,23-;/m0./s1. The van der Waals surface area contributed by atoms with Crippen molar-refractivity contribution in [1.82, 2.24) is 4.90 Å². The summed E-state index contributed by atoms with van der Waals surface area (Å²) in [5.74, 6) is 1.34. The van der Waals surface area contributed by atoms with Crippen molar-refractivity contribution in [3.8, 4) is 0 Å². The summed E-state index contributed by atoms with van der Waals surface area (Å²) in [6, 6.07) is 26.3. The van der Waals surface area contributed by atoms with Crippen LogP contribution in [-0.2, 0) is 21.3 Å². The minimum atomic E-state index is -4.00. The highest BCUT2D eigenvalue weighted by Crippen LogP contribution is 2.43. The second kappa shape index (κ2) is 11.1. The van der Waals surface area contributed by atoms with Gasteiger partial charge in [-0.1, -0.05) is 72.8 Å². The van der Waals surface area contributed by atoms with Gasteiger partial charge in [-0.25, -0.2) is 4.79 Å². The number of ether oxygens (including phenoxy) is 1. The molecule has 0 radical (unpaired) electrons. The molecule has 3 aromatic rings. The lowest BCUT2D eigenvalue weighted by atomic mass is 9.69. The molecule has 3 aromatic carbocycles. The molecule has 1 amide bonds. The predicted molar refractivity (Wildman–Crippen MR) is 142 cm³/mol. The van der Waals surface area contributed by atoms with Crippen LogP contribution in [0.3, 0.4) is 0 Å². The first-order chi connectivity index (χ1) is 17.9. The number of benzene rings is 3. The van der Waals surface area contributed by atoms with E-state index in [4.69, 9.17) is 9.29 Å². The topological polar surface area (TPSA) is 83.9 Å². The molecule has 7 rings (SSSR count). The first-order valence-electron chi connectivity index (χ1n) is 13.0. The van der Waals surface area contributed by atoms with E-state index in [2.05, 4.69) is 48.5 Å². The summed E-state index contributed by atoms with van der Waals surface area (Å²) in [5, 5.41) is 0. The van der Waals surface area contributed by atoms with Gasteiger partial charge in [-0.3, -0.25) is 9.45 Å². The van der Waals surface area contributed by atoms with Crippen LogP contribution in [0.15, 0.2) is 89.8 Å². The minimum Gasteiger partial charge on any atom is -0.446 e. The van der Waals surface area contributed by atoms with E-state index in [1.165, 1.54) is 48.9 Å². The smallest absolute Gasteiger partial charge is 0.410 e. The van der Waals surface area contributed by atoms with Crippen LogP contribution in [0.25, 0.3) is 0 Å². The Balaban J connectivity index is 0.000000237.